The zero-order valence-corrected chi connectivity index (χ0v) is 16.7. The third kappa shape index (κ3) is 4.48. The molecule has 0 spiro atoms. The van der Waals surface area contributed by atoms with Gasteiger partial charge in [-0.25, -0.2) is 8.42 Å². The van der Waals surface area contributed by atoms with Crippen LogP contribution in [0.3, 0.4) is 0 Å². The van der Waals surface area contributed by atoms with E-state index in [4.69, 9.17) is 4.74 Å². The number of hydrogen-bond donors (Lipinski definition) is 0. The summed E-state index contributed by atoms with van der Waals surface area (Å²) in [6, 6.07) is 10.4. The quantitative estimate of drug-likeness (QED) is 0.378. The summed E-state index contributed by atoms with van der Waals surface area (Å²) in [5, 5.41) is 11.1. The highest BCUT2D eigenvalue weighted by Crippen LogP contribution is 2.30. The number of anilines is 1. The van der Waals surface area contributed by atoms with E-state index in [2.05, 4.69) is 0 Å². The van der Waals surface area contributed by atoms with Gasteiger partial charge in [0.05, 0.1) is 22.1 Å². The number of nitro benzene ring substituents is 1. The lowest BCUT2D eigenvalue weighted by Gasteiger charge is -2.26. The van der Waals surface area contributed by atoms with Crippen molar-refractivity contribution in [2.24, 2.45) is 0 Å². The van der Waals surface area contributed by atoms with Crippen molar-refractivity contribution in [1.29, 1.82) is 0 Å². The van der Waals surface area contributed by atoms with Crippen LogP contribution in [0.25, 0.3) is 0 Å². The second-order valence-electron chi connectivity index (χ2n) is 6.01. The van der Waals surface area contributed by atoms with Gasteiger partial charge in [0, 0.05) is 12.1 Å². The minimum absolute atomic E-state index is 0.109. The number of para-hydroxylation sites is 1. The van der Waals surface area contributed by atoms with E-state index in [1.54, 1.807) is 38.1 Å². The third-order valence-corrected chi connectivity index (χ3v) is 6.07. The molecule has 0 fully saturated rings. The van der Waals surface area contributed by atoms with Gasteiger partial charge in [-0.1, -0.05) is 31.2 Å². The maximum atomic E-state index is 13.4. The number of carbonyl (C=O) groups is 1. The molecule has 0 saturated carbocycles. The standard InChI is InChI=1S/C19H22N2O6S/c1-4-15-8-6-7-9-17(15)20(13-19(22)27-5-2)28(25,26)18-12-16(21(23)24)11-10-14(18)3/h6-12H,4-5,13H2,1-3H3. The smallest absolute Gasteiger partial charge is 0.326 e. The summed E-state index contributed by atoms with van der Waals surface area (Å²) in [6.07, 6.45) is 0.541. The normalized spacial score (nSPS) is 11.1. The number of hydrogen-bond acceptors (Lipinski definition) is 6. The van der Waals surface area contributed by atoms with Crippen molar-refractivity contribution in [2.45, 2.75) is 32.1 Å². The number of ether oxygens (including phenoxy) is 1. The number of benzene rings is 2. The lowest BCUT2D eigenvalue weighted by Crippen LogP contribution is -2.37. The molecule has 0 bridgehead atoms. The van der Waals surface area contributed by atoms with Crippen LogP contribution >= 0.6 is 0 Å². The van der Waals surface area contributed by atoms with Gasteiger partial charge in [-0.05, 0) is 37.5 Å². The molecule has 28 heavy (non-hydrogen) atoms. The molecule has 9 heteroatoms. The first-order valence-corrected chi connectivity index (χ1v) is 10.2. The Morgan fingerprint density at radius 2 is 1.86 bits per heavy atom. The second kappa shape index (κ2) is 8.83. The summed E-state index contributed by atoms with van der Waals surface area (Å²) < 4.78 is 32.8. The summed E-state index contributed by atoms with van der Waals surface area (Å²) in [5.74, 6) is -0.708. The van der Waals surface area contributed by atoms with E-state index in [0.29, 0.717) is 17.7 Å². The predicted octanol–water partition coefficient (Wildman–Crippen LogP) is 3.22. The van der Waals surface area contributed by atoms with Gasteiger partial charge < -0.3 is 4.74 Å². The number of aryl methyl sites for hydroxylation is 2. The van der Waals surface area contributed by atoms with Gasteiger partial charge in [-0.2, -0.15) is 0 Å². The van der Waals surface area contributed by atoms with Crippen LogP contribution in [0.2, 0.25) is 0 Å². The molecule has 0 aliphatic heterocycles. The molecule has 2 rings (SSSR count). The minimum Gasteiger partial charge on any atom is -0.465 e. The minimum atomic E-state index is -4.26. The zero-order valence-electron chi connectivity index (χ0n) is 15.9. The van der Waals surface area contributed by atoms with E-state index < -0.39 is 27.5 Å². The van der Waals surface area contributed by atoms with Crippen LogP contribution in [0.5, 0.6) is 0 Å². The highest BCUT2D eigenvalue weighted by atomic mass is 32.2. The summed E-state index contributed by atoms with van der Waals surface area (Å²) in [5.41, 5.74) is 1.06. The third-order valence-electron chi connectivity index (χ3n) is 4.17. The van der Waals surface area contributed by atoms with Crippen molar-refractivity contribution in [3.63, 3.8) is 0 Å². The molecule has 150 valence electrons. The largest absolute Gasteiger partial charge is 0.465 e. The monoisotopic (exact) mass is 406 g/mol. The Kier molecular flexibility index (Phi) is 6.74. The maximum Gasteiger partial charge on any atom is 0.326 e. The van der Waals surface area contributed by atoms with Gasteiger partial charge in [0.25, 0.3) is 15.7 Å². The first kappa shape index (κ1) is 21.4. The molecule has 0 N–H and O–H groups in total. The summed E-state index contributed by atoms with van der Waals surface area (Å²) >= 11 is 0. The Morgan fingerprint density at radius 1 is 1.18 bits per heavy atom. The fraction of sp³-hybridized carbons (Fsp3) is 0.316. The van der Waals surface area contributed by atoms with E-state index in [1.165, 1.54) is 12.1 Å². The van der Waals surface area contributed by atoms with E-state index in [9.17, 15) is 23.3 Å². The highest BCUT2D eigenvalue weighted by molar-refractivity contribution is 7.93. The average molecular weight is 406 g/mol. The molecule has 0 radical (unpaired) electrons. The van der Waals surface area contributed by atoms with Gasteiger partial charge in [-0.15, -0.1) is 0 Å². The Labute approximate surface area is 163 Å². The van der Waals surface area contributed by atoms with Crippen molar-refractivity contribution in [2.75, 3.05) is 17.5 Å². The SMILES string of the molecule is CCOC(=O)CN(c1ccccc1CC)S(=O)(=O)c1cc([N+](=O)[O-])ccc1C. The molecule has 0 aromatic heterocycles. The zero-order chi connectivity index (χ0) is 20.9. The van der Waals surface area contributed by atoms with Crippen LogP contribution in [0.4, 0.5) is 11.4 Å². The first-order chi connectivity index (χ1) is 13.2. The predicted molar refractivity (Wildman–Crippen MR) is 105 cm³/mol. The van der Waals surface area contributed by atoms with Crippen molar-refractivity contribution >= 4 is 27.4 Å². The highest BCUT2D eigenvalue weighted by Gasteiger charge is 2.31. The molecule has 0 aliphatic rings. The van der Waals surface area contributed by atoms with E-state index >= 15 is 0 Å². The molecule has 2 aromatic carbocycles. The van der Waals surface area contributed by atoms with E-state index in [1.807, 2.05) is 6.92 Å². The molecular formula is C19H22N2O6S. The van der Waals surface area contributed by atoms with Crippen LogP contribution in [0.15, 0.2) is 47.4 Å². The first-order valence-electron chi connectivity index (χ1n) is 8.73. The summed E-state index contributed by atoms with van der Waals surface area (Å²) in [7, 11) is -4.26. The Morgan fingerprint density at radius 3 is 2.46 bits per heavy atom. The van der Waals surface area contributed by atoms with Gasteiger partial charge in [0.2, 0.25) is 0 Å². The number of sulfonamides is 1. The van der Waals surface area contributed by atoms with Crippen molar-refractivity contribution in [1.82, 2.24) is 0 Å². The van der Waals surface area contributed by atoms with Gasteiger partial charge >= 0.3 is 5.97 Å². The topological polar surface area (TPSA) is 107 Å². The number of nitro groups is 1. The Balaban J connectivity index is 2.66. The maximum absolute atomic E-state index is 13.4. The average Bonchev–Trinajstić information content (AvgIpc) is 2.66. The van der Waals surface area contributed by atoms with E-state index in [-0.39, 0.29) is 17.2 Å². The number of esters is 1. The Hall–Kier alpha value is -2.94. The Bertz CT molecular complexity index is 988. The number of nitrogens with zero attached hydrogens (tertiary/aromatic N) is 2. The lowest BCUT2D eigenvalue weighted by molar-refractivity contribution is -0.385. The molecule has 2 aromatic rings. The molecule has 0 atom stereocenters. The number of carbonyl (C=O) groups excluding carboxylic acids is 1. The molecule has 0 amide bonds. The number of non-ortho nitro benzene ring substituents is 1. The van der Waals surface area contributed by atoms with E-state index in [0.717, 1.165) is 15.9 Å². The lowest BCUT2D eigenvalue weighted by atomic mass is 10.1. The van der Waals surface area contributed by atoms with Gasteiger partial charge in [0.1, 0.15) is 6.54 Å². The fourth-order valence-corrected chi connectivity index (χ4v) is 4.47. The van der Waals surface area contributed by atoms with Crippen molar-refractivity contribution in [3.8, 4) is 0 Å². The van der Waals surface area contributed by atoms with Gasteiger partial charge in [-0.3, -0.25) is 19.2 Å². The second-order valence-corrected chi connectivity index (χ2v) is 7.84. The number of rotatable bonds is 8. The molecule has 8 nitrogen and oxygen atoms in total. The molecular weight excluding hydrogens is 384 g/mol. The summed E-state index contributed by atoms with van der Waals surface area (Å²) in [4.78, 5) is 22.4. The van der Waals surface area contributed by atoms with Crippen molar-refractivity contribution in [3.05, 3.63) is 63.7 Å². The van der Waals surface area contributed by atoms with Crippen LogP contribution in [-0.2, 0) is 26.0 Å². The molecule has 0 unspecified atom stereocenters. The molecule has 0 aliphatic carbocycles. The van der Waals surface area contributed by atoms with Crippen LogP contribution < -0.4 is 4.31 Å². The van der Waals surface area contributed by atoms with Crippen LogP contribution in [-0.4, -0.2) is 32.5 Å². The summed E-state index contributed by atoms with van der Waals surface area (Å²) in [6.45, 7) is 4.62. The van der Waals surface area contributed by atoms with Crippen LogP contribution in [0.1, 0.15) is 25.0 Å². The molecule has 0 heterocycles. The van der Waals surface area contributed by atoms with Crippen molar-refractivity contribution < 1.29 is 22.9 Å². The fourth-order valence-electron chi connectivity index (χ4n) is 2.78. The van der Waals surface area contributed by atoms with Crippen LogP contribution in [0, 0.1) is 17.0 Å². The van der Waals surface area contributed by atoms with Gasteiger partial charge in [0.15, 0.2) is 0 Å². The molecule has 0 saturated heterocycles.